The average Bonchev–Trinajstić information content (AvgIpc) is 2.85. The molecule has 1 aromatic carbocycles. The normalized spacial score (nSPS) is 18.1. The number of aromatic nitrogens is 1. The molecule has 1 amide bonds. The molecule has 35 heavy (non-hydrogen) atoms. The summed E-state index contributed by atoms with van der Waals surface area (Å²) < 4.78 is 38.0. The van der Waals surface area contributed by atoms with E-state index in [-0.39, 0.29) is 11.9 Å². The van der Waals surface area contributed by atoms with Crippen LogP contribution in [0.2, 0.25) is 5.02 Å². The SMILES string of the molecule is O=C(CCCN1CCN(c2ccc(Cl)cc2)CC1)N1CCC(Nc2ccc(C(F)(F)F)cn2)CC1. The number of halogens is 4. The minimum Gasteiger partial charge on any atom is -0.369 e. The fourth-order valence-electron chi connectivity index (χ4n) is 4.62. The quantitative estimate of drug-likeness (QED) is 0.583. The van der Waals surface area contributed by atoms with Crippen LogP contribution in [0.3, 0.4) is 0 Å². The molecule has 0 atom stereocenters. The molecule has 0 unspecified atom stereocenters. The molecule has 2 aromatic rings. The molecule has 1 N–H and O–H groups in total. The third kappa shape index (κ3) is 7.24. The van der Waals surface area contributed by atoms with E-state index in [9.17, 15) is 18.0 Å². The number of nitrogens with one attached hydrogen (secondary N) is 1. The maximum Gasteiger partial charge on any atom is 0.417 e. The highest BCUT2D eigenvalue weighted by molar-refractivity contribution is 6.30. The lowest BCUT2D eigenvalue weighted by atomic mass is 10.0. The molecule has 4 rings (SSSR count). The van der Waals surface area contributed by atoms with Gasteiger partial charge in [-0.05, 0) is 62.2 Å². The zero-order valence-corrected chi connectivity index (χ0v) is 20.4. The van der Waals surface area contributed by atoms with E-state index in [2.05, 4.69) is 32.2 Å². The summed E-state index contributed by atoms with van der Waals surface area (Å²) in [6.07, 6.45) is -0.660. The van der Waals surface area contributed by atoms with Gasteiger partial charge in [-0.1, -0.05) is 11.6 Å². The van der Waals surface area contributed by atoms with Crippen LogP contribution in [0.5, 0.6) is 0 Å². The second-order valence-corrected chi connectivity index (χ2v) is 9.57. The molecule has 0 saturated carbocycles. The summed E-state index contributed by atoms with van der Waals surface area (Å²) in [5.41, 5.74) is 0.433. The summed E-state index contributed by atoms with van der Waals surface area (Å²) in [4.78, 5) is 23.2. The van der Waals surface area contributed by atoms with E-state index < -0.39 is 11.7 Å². The van der Waals surface area contributed by atoms with E-state index in [1.807, 2.05) is 17.0 Å². The summed E-state index contributed by atoms with van der Waals surface area (Å²) in [6, 6.07) is 10.4. The molecule has 10 heteroatoms. The molecule has 2 saturated heterocycles. The Hall–Kier alpha value is -2.52. The van der Waals surface area contributed by atoms with Crippen LogP contribution in [0, 0.1) is 0 Å². The van der Waals surface area contributed by atoms with E-state index in [1.165, 1.54) is 11.8 Å². The van der Waals surface area contributed by atoms with Crippen molar-refractivity contribution in [1.82, 2.24) is 14.8 Å². The summed E-state index contributed by atoms with van der Waals surface area (Å²) >= 11 is 5.98. The van der Waals surface area contributed by atoms with Gasteiger partial charge < -0.3 is 15.1 Å². The monoisotopic (exact) mass is 509 g/mol. The number of amides is 1. The number of hydrogen-bond acceptors (Lipinski definition) is 5. The Kier molecular flexibility index (Phi) is 8.38. The first-order valence-electron chi connectivity index (χ1n) is 12.1. The number of carbonyl (C=O) groups excluding carboxylic acids is 1. The van der Waals surface area contributed by atoms with Gasteiger partial charge in [0.05, 0.1) is 5.56 Å². The first-order valence-corrected chi connectivity index (χ1v) is 12.5. The molecular weight excluding hydrogens is 479 g/mol. The Bertz CT molecular complexity index is 955. The van der Waals surface area contributed by atoms with E-state index in [0.29, 0.717) is 25.3 Å². The summed E-state index contributed by atoms with van der Waals surface area (Å²) in [7, 11) is 0. The van der Waals surface area contributed by atoms with Crippen molar-refractivity contribution in [3.05, 3.63) is 53.2 Å². The Morgan fingerprint density at radius 3 is 2.29 bits per heavy atom. The fraction of sp³-hybridized carbons (Fsp3) is 0.520. The highest BCUT2D eigenvalue weighted by Gasteiger charge is 2.31. The second kappa shape index (κ2) is 11.5. The molecule has 190 valence electrons. The second-order valence-electron chi connectivity index (χ2n) is 9.14. The number of likely N-dealkylation sites (tertiary alicyclic amines) is 1. The number of piperazine rings is 1. The first kappa shape index (κ1) is 25.6. The van der Waals surface area contributed by atoms with Crippen molar-refractivity contribution in [3.63, 3.8) is 0 Å². The predicted octanol–water partition coefficient (Wildman–Crippen LogP) is 4.76. The zero-order valence-electron chi connectivity index (χ0n) is 19.6. The van der Waals surface area contributed by atoms with Crippen molar-refractivity contribution in [3.8, 4) is 0 Å². The smallest absolute Gasteiger partial charge is 0.369 e. The Morgan fingerprint density at radius 1 is 1.00 bits per heavy atom. The molecule has 2 aliphatic rings. The van der Waals surface area contributed by atoms with Crippen molar-refractivity contribution in [2.24, 2.45) is 0 Å². The molecular formula is C25H31ClF3N5O. The number of benzene rings is 1. The van der Waals surface area contributed by atoms with Crippen LogP contribution in [0.25, 0.3) is 0 Å². The maximum atomic E-state index is 12.7. The highest BCUT2D eigenvalue weighted by atomic mass is 35.5. The van der Waals surface area contributed by atoms with Gasteiger partial charge in [0, 0.05) is 68.6 Å². The summed E-state index contributed by atoms with van der Waals surface area (Å²) in [5.74, 6) is 0.606. The van der Waals surface area contributed by atoms with Gasteiger partial charge in [0.1, 0.15) is 5.82 Å². The molecule has 1 aromatic heterocycles. The van der Waals surface area contributed by atoms with Gasteiger partial charge in [0.25, 0.3) is 0 Å². The third-order valence-electron chi connectivity index (χ3n) is 6.72. The lowest BCUT2D eigenvalue weighted by Crippen LogP contribution is -2.47. The molecule has 3 heterocycles. The van der Waals surface area contributed by atoms with Crippen LogP contribution >= 0.6 is 11.6 Å². The Morgan fingerprint density at radius 2 is 1.69 bits per heavy atom. The van der Waals surface area contributed by atoms with Crippen molar-refractivity contribution >= 4 is 29.0 Å². The van der Waals surface area contributed by atoms with E-state index in [1.54, 1.807) is 0 Å². The standard InChI is InChI=1S/C25H31ClF3N5O/c26-20-4-6-22(7-5-20)33-16-14-32(15-17-33)11-1-2-24(35)34-12-9-21(10-13-34)31-23-8-3-19(18-30-23)25(27,28)29/h3-8,18,21H,1-2,9-17H2,(H,30,31). The van der Waals surface area contributed by atoms with Crippen LogP contribution in [0.4, 0.5) is 24.7 Å². The van der Waals surface area contributed by atoms with Gasteiger partial charge in [-0.3, -0.25) is 9.69 Å². The Labute approximate surface area is 209 Å². The number of anilines is 2. The number of hydrogen-bond donors (Lipinski definition) is 1. The number of nitrogens with zero attached hydrogens (tertiary/aromatic N) is 4. The van der Waals surface area contributed by atoms with Crippen LogP contribution in [-0.2, 0) is 11.0 Å². The summed E-state index contributed by atoms with van der Waals surface area (Å²) in [5, 5.41) is 3.93. The number of alkyl halides is 3. The van der Waals surface area contributed by atoms with Gasteiger partial charge in [-0.15, -0.1) is 0 Å². The van der Waals surface area contributed by atoms with Crippen LogP contribution < -0.4 is 10.2 Å². The zero-order chi connectivity index (χ0) is 24.8. The van der Waals surface area contributed by atoms with Crippen LogP contribution in [0.1, 0.15) is 31.2 Å². The van der Waals surface area contributed by atoms with Crippen LogP contribution in [0.15, 0.2) is 42.6 Å². The number of piperidine rings is 1. The molecule has 0 radical (unpaired) electrons. The van der Waals surface area contributed by atoms with Crippen molar-refractivity contribution in [2.45, 2.75) is 37.9 Å². The fourth-order valence-corrected chi connectivity index (χ4v) is 4.75. The number of carbonyl (C=O) groups is 1. The van der Waals surface area contributed by atoms with Gasteiger partial charge in [-0.2, -0.15) is 13.2 Å². The largest absolute Gasteiger partial charge is 0.417 e. The maximum absolute atomic E-state index is 12.7. The first-order chi connectivity index (χ1) is 16.8. The van der Waals surface area contributed by atoms with E-state index in [4.69, 9.17) is 11.6 Å². The lowest BCUT2D eigenvalue weighted by molar-refractivity contribution is -0.137. The van der Waals surface area contributed by atoms with E-state index in [0.717, 1.165) is 69.3 Å². The topological polar surface area (TPSA) is 51.7 Å². The molecule has 6 nitrogen and oxygen atoms in total. The molecule has 0 bridgehead atoms. The predicted molar refractivity (Wildman–Crippen MR) is 132 cm³/mol. The van der Waals surface area contributed by atoms with Gasteiger partial charge in [-0.25, -0.2) is 4.98 Å². The van der Waals surface area contributed by atoms with Gasteiger partial charge in [0.15, 0.2) is 0 Å². The van der Waals surface area contributed by atoms with Crippen LogP contribution in [-0.4, -0.2) is 72.5 Å². The number of pyridine rings is 1. The Balaban J connectivity index is 1.11. The van der Waals surface area contributed by atoms with Crippen molar-refractivity contribution in [1.29, 1.82) is 0 Å². The van der Waals surface area contributed by atoms with Crippen molar-refractivity contribution < 1.29 is 18.0 Å². The minimum absolute atomic E-state index is 0.0974. The molecule has 0 aliphatic carbocycles. The average molecular weight is 510 g/mol. The third-order valence-corrected chi connectivity index (χ3v) is 6.97. The van der Waals surface area contributed by atoms with E-state index >= 15 is 0 Å². The lowest BCUT2D eigenvalue weighted by Gasteiger charge is -2.36. The van der Waals surface area contributed by atoms with Gasteiger partial charge in [0.2, 0.25) is 5.91 Å². The molecule has 0 spiro atoms. The van der Waals surface area contributed by atoms with Gasteiger partial charge >= 0.3 is 6.18 Å². The summed E-state index contributed by atoms with van der Waals surface area (Å²) in [6.45, 7) is 6.09. The molecule has 2 aliphatic heterocycles. The highest BCUT2D eigenvalue weighted by Crippen LogP contribution is 2.29. The molecule has 2 fully saturated rings. The van der Waals surface area contributed by atoms with Crippen molar-refractivity contribution in [2.75, 3.05) is 56.0 Å². The number of rotatable bonds is 7. The minimum atomic E-state index is -4.39.